The number of nitrogens with zero attached hydrogens (tertiary/aromatic N) is 4. The minimum atomic E-state index is -4.18. The molecule has 24 heavy (non-hydrogen) atoms. The monoisotopic (exact) mass is 351 g/mol. The van der Waals surface area contributed by atoms with Crippen molar-refractivity contribution in [2.24, 2.45) is 0 Å². The molecule has 3 aromatic heterocycles. The van der Waals surface area contributed by atoms with Crippen LogP contribution in [0.15, 0.2) is 29.6 Å². The van der Waals surface area contributed by atoms with Crippen LogP contribution in [0.1, 0.15) is 11.1 Å². The normalized spacial score (nSPS) is 11.7. The Morgan fingerprint density at radius 1 is 1.21 bits per heavy atom. The van der Waals surface area contributed by atoms with Crippen LogP contribution in [-0.2, 0) is 10.0 Å². The van der Waals surface area contributed by atoms with Crippen molar-refractivity contribution < 1.29 is 17.5 Å². The molecule has 0 bridgehead atoms. The van der Waals surface area contributed by atoms with Gasteiger partial charge >= 0.3 is 0 Å². The van der Waals surface area contributed by atoms with Gasteiger partial charge in [-0.15, -0.1) is 5.10 Å². The summed E-state index contributed by atoms with van der Waals surface area (Å²) in [5.74, 6) is -0.594. The summed E-state index contributed by atoms with van der Waals surface area (Å²) in [5.41, 5.74) is 1.47. The molecule has 0 aliphatic rings. The van der Waals surface area contributed by atoms with Gasteiger partial charge in [-0.3, -0.25) is 4.72 Å². The number of methoxy groups -OCH3 is 1. The number of aromatic nitrogens is 4. The molecule has 3 heterocycles. The zero-order valence-corrected chi connectivity index (χ0v) is 13.9. The Morgan fingerprint density at radius 3 is 2.67 bits per heavy atom. The number of fused-ring (bicyclic) bond motifs is 1. The van der Waals surface area contributed by atoms with Crippen molar-refractivity contribution in [3.8, 4) is 5.88 Å². The number of aryl methyl sites for hydroxylation is 2. The molecule has 0 unspecified atom stereocenters. The van der Waals surface area contributed by atoms with Crippen LogP contribution in [0.25, 0.3) is 5.65 Å². The predicted molar refractivity (Wildman–Crippen MR) is 84.0 cm³/mol. The van der Waals surface area contributed by atoms with E-state index in [1.807, 2.05) is 6.92 Å². The maximum absolute atomic E-state index is 13.7. The van der Waals surface area contributed by atoms with Crippen molar-refractivity contribution in [1.29, 1.82) is 0 Å². The van der Waals surface area contributed by atoms with Crippen LogP contribution in [-0.4, -0.2) is 35.1 Å². The number of hydrogen-bond donors (Lipinski definition) is 1. The van der Waals surface area contributed by atoms with Gasteiger partial charge in [0.05, 0.1) is 7.11 Å². The predicted octanol–water partition coefficient (Wildman–Crippen LogP) is 1.69. The highest BCUT2D eigenvalue weighted by molar-refractivity contribution is 7.92. The zero-order chi connectivity index (χ0) is 17.5. The van der Waals surface area contributed by atoms with Crippen LogP contribution in [0.4, 0.5) is 10.1 Å². The fourth-order valence-corrected chi connectivity index (χ4v) is 3.06. The second-order valence-corrected chi connectivity index (χ2v) is 6.77. The fourth-order valence-electron chi connectivity index (χ4n) is 2.14. The zero-order valence-electron chi connectivity index (χ0n) is 13.1. The molecule has 0 saturated carbocycles. The summed E-state index contributed by atoms with van der Waals surface area (Å²) >= 11 is 0. The third kappa shape index (κ3) is 2.87. The smallest absolute Gasteiger partial charge is 0.299 e. The Kier molecular flexibility index (Phi) is 3.84. The van der Waals surface area contributed by atoms with E-state index in [1.165, 1.54) is 23.9 Å². The van der Waals surface area contributed by atoms with Gasteiger partial charge in [0.1, 0.15) is 5.69 Å². The number of halogens is 1. The highest BCUT2D eigenvalue weighted by atomic mass is 32.2. The Balaban J connectivity index is 2.07. The summed E-state index contributed by atoms with van der Waals surface area (Å²) in [6.07, 6.45) is 1.30. The number of ether oxygens (including phenoxy) is 1. The lowest BCUT2D eigenvalue weighted by Crippen LogP contribution is -2.16. The highest BCUT2D eigenvalue weighted by Gasteiger charge is 2.23. The van der Waals surface area contributed by atoms with Gasteiger partial charge in [0.2, 0.25) is 11.8 Å². The summed E-state index contributed by atoms with van der Waals surface area (Å²) in [5, 5.41) is 3.44. The van der Waals surface area contributed by atoms with E-state index in [0.29, 0.717) is 17.1 Å². The maximum atomic E-state index is 13.7. The van der Waals surface area contributed by atoms with Gasteiger partial charge in [-0.2, -0.15) is 22.3 Å². The van der Waals surface area contributed by atoms with Crippen LogP contribution < -0.4 is 9.46 Å². The number of rotatable bonds is 4. The summed E-state index contributed by atoms with van der Waals surface area (Å²) in [6, 6.07) is 4.68. The molecule has 8 nitrogen and oxygen atoms in total. The second kappa shape index (κ2) is 5.71. The van der Waals surface area contributed by atoms with Crippen LogP contribution in [0.3, 0.4) is 0 Å². The average Bonchev–Trinajstić information content (AvgIpc) is 2.94. The first-order valence-electron chi connectivity index (χ1n) is 6.86. The number of pyridine rings is 2. The van der Waals surface area contributed by atoms with E-state index in [1.54, 1.807) is 19.1 Å². The minimum Gasteiger partial charge on any atom is -0.481 e. The topological polar surface area (TPSA) is 98.5 Å². The Labute approximate surface area is 137 Å². The number of hydrogen-bond acceptors (Lipinski definition) is 6. The maximum Gasteiger partial charge on any atom is 0.299 e. The van der Waals surface area contributed by atoms with Gasteiger partial charge in [-0.05, 0) is 37.1 Å². The highest BCUT2D eigenvalue weighted by Crippen LogP contribution is 2.20. The molecule has 0 saturated heterocycles. The van der Waals surface area contributed by atoms with Crippen LogP contribution in [0.5, 0.6) is 5.88 Å². The van der Waals surface area contributed by atoms with Crippen molar-refractivity contribution in [3.63, 3.8) is 0 Å². The first-order valence-corrected chi connectivity index (χ1v) is 8.35. The first-order chi connectivity index (χ1) is 11.3. The van der Waals surface area contributed by atoms with Crippen molar-refractivity contribution in [1.82, 2.24) is 19.6 Å². The lowest BCUT2D eigenvalue weighted by atomic mass is 10.3. The SMILES string of the molecule is COc1cc(C)cc2nc(S(=O)(=O)Nc3cc(C)cnc3F)nn12. The molecule has 0 aliphatic carbocycles. The molecule has 0 spiro atoms. The number of sulfonamides is 1. The van der Waals surface area contributed by atoms with Crippen LogP contribution in [0, 0.1) is 19.8 Å². The summed E-state index contributed by atoms with van der Waals surface area (Å²) in [7, 11) is -2.74. The summed E-state index contributed by atoms with van der Waals surface area (Å²) in [4.78, 5) is 7.46. The molecular weight excluding hydrogens is 337 g/mol. The number of anilines is 1. The molecule has 0 fully saturated rings. The third-order valence-corrected chi connectivity index (χ3v) is 4.34. The molecule has 3 aromatic rings. The molecule has 10 heteroatoms. The second-order valence-electron chi connectivity index (χ2n) is 5.20. The van der Waals surface area contributed by atoms with E-state index in [9.17, 15) is 12.8 Å². The van der Waals surface area contributed by atoms with Gasteiger partial charge < -0.3 is 4.74 Å². The van der Waals surface area contributed by atoms with Crippen molar-refractivity contribution in [2.75, 3.05) is 11.8 Å². The lowest BCUT2D eigenvalue weighted by molar-refractivity contribution is 0.384. The van der Waals surface area contributed by atoms with E-state index in [0.717, 1.165) is 5.56 Å². The lowest BCUT2D eigenvalue weighted by Gasteiger charge is -2.06. The quantitative estimate of drug-likeness (QED) is 0.718. The van der Waals surface area contributed by atoms with E-state index in [-0.39, 0.29) is 5.69 Å². The largest absolute Gasteiger partial charge is 0.481 e. The fraction of sp³-hybridized carbons (Fsp3) is 0.214. The van der Waals surface area contributed by atoms with Crippen molar-refractivity contribution in [2.45, 2.75) is 19.0 Å². The third-order valence-electron chi connectivity index (χ3n) is 3.20. The Hall–Kier alpha value is -2.75. The molecule has 126 valence electrons. The summed E-state index contributed by atoms with van der Waals surface area (Å²) in [6.45, 7) is 3.48. The molecule has 0 aliphatic heterocycles. The van der Waals surface area contributed by atoms with Crippen molar-refractivity contribution in [3.05, 3.63) is 41.5 Å². The molecule has 0 radical (unpaired) electrons. The molecule has 0 atom stereocenters. The average molecular weight is 351 g/mol. The minimum absolute atomic E-state index is 0.267. The van der Waals surface area contributed by atoms with Crippen molar-refractivity contribution >= 4 is 21.4 Å². The van der Waals surface area contributed by atoms with Crippen LogP contribution in [0.2, 0.25) is 0 Å². The molecule has 1 N–H and O–H groups in total. The summed E-state index contributed by atoms with van der Waals surface area (Å²) < 4.78 is 47.1. The van der Waals surface area contributed by atoms with E-state index < -0.39 is 21.1 Å². The molecule has 3 rings (SSSR count). The van der Waals surface area contributed by atoms with Crippen LogP contribution >= 0.6 is 0 Å². The Bertz CT molecular complexity index is 1030. The van der Waals surface area contributed by atoms with Gasteiger partial charge in [0.25, 0.3) is 15.2 Å². The standard InChI is InChI=1S/C14H14FN5O3S/c1-8-5-11-17-14(18-20(11)12(6-8)23-3)24(21,22)19-10-4-9(2)7-16-13(10)15/h4-7,19H,1-3H3. The number of nitrogens with one attached hydrogen (secondary N) is 1. The first kappa shape index (κ1) is 16.1. The Morgan fingerprint density at radius 2 is 1.96 bits per heavy atom. The molecule has 0 aromatic carbocycles. The van der Waals surface area contributed by atoms with Gasteiger partial charge in [-0.25, -0.2) is 4.98 Å². The van der Waals surface area contributed by atoms with Gasteiger partial charge in [0, 0.05) is 12.3 Å². The van der Waals surface area contributed by atoms with E-state index >= 15 is 0 Å². The van der Waals surface area contributed by atoms with Gasteiger partial charge in [-0.1, -0.05) is 0 Å². The molecule has 0 amide bonds. The van der Waals surface area contributed by atoms with E-state index in [2.05, 4.69) is 19.8 Å². The molecular formula is C14H14FN5O3S. The van der Waals surface area contributed by atoms with Gasteiger partial charge in [0.15, 0.2) is 5.65 Å². The van der Waals surface area contributed by atoms with E-state index in [4.69, 9.17) is 4.74 Å².